The van der Waals surface area contributed by atoms with E-state index in [0.717, 1.165) is 22.1 Å². The second-order valence-corrected chi connectivity index (χ2v) is 4.33. The average Bonchev–Trinajstić information content (AvgIpc) is 2.87. The molecule has 0 fully saturated rings. The lowest BCUT2D eigenvalue weighted by Gasteiger charge is -2.05. The molecule has 2 rings (SSSR count). The van der Waals surface area contributed by atoms with Crippen LogP contribution in [0.4, 0.5) is 0 Å². The fraction of sp³-hybridized carbons (Fsp3) is 0.0909. The predicted octanol–water partition coefficient (Wildman–Crippen LogP) is 0.246. The largest absolute Gasteiger partial charge is 0.465 e. The molecule has 2 aromatic rings. The number of carbonyl (C=O) groups is 1. The highest BCUT2D eigenvalue weighted by Crippen LogP contribution is 2.20. The third-order valence-electron chi connectivity index (χ3n) is 2.34. The van der Waals surface area contributed by atoms with Crippen LogP contribution >= 0.6 is 11.3 Å². The first-order valence-electron chi connectivity index (χ1n) is 5.00. The molecule has 0 amide bonds. The minimum atomic E-state index is -0.765. The summed E-state index contributed by atoms with van der Waals surface area (Å²) < 4.78 is 5.63. The van der Waals surface area contributed by atoms with Gasteiger partial charge in [0, 0.05) is 6.20 Å². The highest BCUT2D eigenvalue weighted by atomic mass is 32.1. The van der Waals surface area contributed by atoms with Crippen LogP contribution in [0.1, 0.15) is 15.2 Å². The average molecular weight is 277 g/mol. The lowest BCUT2D eigenvalue weighted by atomic mass is 10.3. The Hall–Kier alpha value is -2.66. The van der Waals surface area contributed by atoms with Crippen LogP contribution in [-0.2, 0) is 4.74 Å². The fourth-order valence-corrected chi connectivity index (χ4v) is 2.27. The maximum Gasteiger partial charge on any atom is 0.350 e. The molecule has 2 aromatic heterocycles. The van der Waals surface area contributed by atoms with Crippen molar-refractivity contribution >= 4 is 17.3 Å². The number of carbonyl (C=O) groups excluding carboxylic acids is 1. The Bertz CT molecular complexity index is 793. The number of methoxy groups -OCH3 is 1. The van der Waals surface area contributed by atoms with Crippen LogP contribution in [0, 0.1) is 11.3 Å². The third-order valence-corrected chi connectivity index (χ3v) is 3.22. The van der Waals surface area contributed by atoms with E-state index in [1.807, 2.05) is 4.98 Å². The number of H-pyrrole nitrogens is 1. The van der Waals surface area contributed by atoms with E-state index in [1.165, 1.54) is 13.2 Å². The molecule has 7 nitrogen and oxygen atoms in total. The monoisotopic (exact) mass is 277 g/mol. The molecule has 0 bridgehead atoms. The predicted molar refractivity (Wildman–Crippen MR) is 66.6 cm³/mol. The van der Waals surface area contributed by atoms with Crippen LogP contribution in [0.25, 0.3) is 5.69 Å². The summed E-state index contributed by atoms with van der Waals surface area (Å²) in [5.74, 6) is -0.596. The topological polar surface area (TPSA) is 105 Å². The molecule has 0 aliphatic carbocycles. The minimum absolute atomic E-state index is 0.209. The number of hydrogen-bond acceptors (Lipinski definition) is 6. The van der Waals surface area contributed by atoms with Crippen molar-refractivity contribution in [3.8, 4) is 11.8 Å². The van der Waals surface area contributed by atoms with Crippen molar-refractivity contribution in [1.29, 1.82) is 5.26 Å². The van der Waals surface area contributed by atoms with Gasteiger partial charge in [0.05, 0.1) is 12.8 Å². The first kappa shape index (κ1) is 12.8. The Morgan fingerprint density at radius 3 is 2.89 bits per heavy atom. The van der Waals surface area contributed by atoms with Crippen molar-refractivity contribution in [2.75, 3.05) is 7.11 Å². The first-order chi connectivity index (χ1) is 9.08. The highest BCUT2D eigenvalue weighted by Gasteiger charge is 2.17. The molecule has 0 aliphatic rings. The lowest BCUT2D eigenvalue weighted by molar-refractivity contribution is 0.0606. The Morgan fingerprint density at radius 1 is 1.53 bits per heavy atom. The smallest absolute Gasteiger partial charge is 0.350 e. The number of esters is 1. The van der Waals surface area contributed by atoms with Crippen LogP contribution in [0.2, 0.25) is 0 Å². The molecule has 19 heavy (non-hydrogen) atoms. The van der Waals surface area contributed by atoms with Crippen molar-refractivity contribution in [2.24, 2.45) is 0 Å². The molecule has 0 aromatic carbocycles. The third kappa shape index (κ3) is 2.19. The van der Waals surface area contributed by atoms with Gasteiger partial charge in [-0.25, -0.2) is 9.59 Å². The summed E-state index contributed by atoms with van der Waals surface area (Å²) >= 11 is 1.09. The number of nitriles is 1. The van der Waals surface area contributed by atoms with Gasteiger partial charge < -0.3 is 4.74 Å². The van der Waals surface area contributed by atoms with E-state index in [9.17, 15) is 14.4 Å². The van der Waals surface area contributed by atoms with Gasteiger partial charge in [0.2, 0.25) is 0 Å². The van der Waals surface area contributed by atoms with Gasteiger partial charge in [0.1, 0.15) is 16.5 Å². The van der Waals surface area contributed by atoms with E-state index >= 15 is 0 Å². The molecular weight excluding hydrogens is 270 g/mol. The van der Waals surface area contributed by atoms with E-state index in [0.29, 0.717) is 0 Å². The van der Waals surface area contributed by atoms with Gasteiger partial charge in [0.25, 0.3) is 5.56 Å². The lowest BCUT2D eigenvalue weighted by Crippen LogP contribution is -2.30. The summed E-state index contributed by atoms with van der Waals surface area (Å²) in [7, 11) is 1.22. The van der Waals surface area contributed by atoms with Crippen molar-refractivity contribution in [1.82, 2.24) is 9.55 Å². The summed E-state index contributed by atoms with van der Waals surface area (Å²) in [6, 6.07) is 3.20. The minimum Gasteiger partial charge on any atom is -0.465 e. The second-order valence-electron chi connectivity index (χ2n) is 3.41. The quantitative estimate of drug-likeness (QED) is 0.792. The van der Waals surface area contributed by atoms with E-state index in [2.05, 4.69) is 4.74 Å². The van der Waals surface area contributed by atoms with Crippen LogP contribution in [0.5, 0.6) is 0 Å². The van der Waals surface area contributed by atoms with Crippen molar-refractivity contribution in [3.63, 3.8) is 0 Å². The zero-order valence-electron chi connectivity index (χ0n) is 9.67. The molecule has 0 saturated heterocycles. The summed E-state index contributed by atoms with van der Waals surface area (Å²) in [4.78, 5) is 36.8. The van der Waals surface area contributed by atoms with Gasteiger partial charge in [0.15, 0.2) is 0 Å². The fourth-order valence-electron chi connectivity index (χ4n) is 1.47. The molecule has 0 saturated carbocycles. The number of aromatic nitrogens is 2. The van der Waals surface area contributed by atoms with Crippen molar-refractivity contribution < 1.29 is 9.53 Å². The molecule has 0 radical (unpaired) electrons. The number of ether oxygens (including phenoxy) is 1. The summed E-state index contributed by atoms with van der Waals surface area (Å²) in [6.07, 6.45) is 1.09. The maximum absolute atomic E-state index is 11.7. The molecule has 2 heterocycles. The molecule has 0 atom stereocenters. The van der Waals surface area contributed by atoms with Gasteiger partial charge in [-0.2, -0.15) is 5.26 Å². The highest BCUT2D eigenvalue weighted by molar-refractivity contribution is 7.12. The Kier molecular flexibility index (Phi) is 3.31. The van der Waals surface area contributed by atoms with Crippen molar-refractivity contribution in [3.05, 3.63) is 48.9 Å². The maximum atomic E-state index is 11.7. The number of thiophene rings is 1. The molecule has 8 heteroatoms. The van der Waals surface area contributed by atoms with Crippen LogP contribution in [0.15, 0.2) is 27.2 Å². The molecule has 0 spiro atoms. The number of aromatic amines is 1. The Labute approximate surface area is 110 Å². The number of nitrogens with zero attached hydrogens (tertiary/aromatic N) is 2. The van der Waals surface area contributed by atoms with Gasteiger partial charge in [-0.15, -0.1) is 11.3 Å². The zero-order valence-corrected chi connectivity index (χ0v) is 10.5. The molecular formula is C11H7N3O4S. The molecule has 1 N–H and O–H groups in total. The van der Waals surface area contributed by atoms with Gasteiger partial charge in [-0.05, 0) is 11.4 Å². The number of rotatable bonds is 2. The number of nitrogens with one attached hydrogen (secondary N) is 1. The summed E-state index contributed by atoms with van der Waals surface area (Å²) in [6.45, 7) is 0. The van der Waals surface area contributed by atoms with E-state index in [4.69, 9.17) is 5.26 Å². The molecule has 0 aliphatic heterocycles. The normalized spacial score (nSPS) is 9.89. The number of hydrogen-bond donors (Lipinski definition) is 1. The van der Waals surface area contributed by atoms with Crippen molar-refractivity contribution in [2.45, 2.75) is 0 Å². The van der Waals surface area contributed by atoms with Crippen LogP contribution in [-0.4, -0.2) is 22.6 Å². The van der Waals surface area contributed by atoms with E-state index < -0.39 is 17.2 Å². The molecule has 96 valence electrons. The van der Waals surface area contributed by atoms with E-state index in [-0.39, 0.29) is 16.1 Å². The van der Waals surface area contributed by atoms with Gasteiger partial charge in [-0.1, -0.05) is 0 Å². The standard InChI is InChI=1S/C11H7N3O4S/c1-18-10(16)8-7(2-3-19-8)14-5-6(4-12)9(15)13-11(14)17/h2-3,5H,1H3,(H,13,15,17). The Balaban J connectivity index is 2.71. The molecule has 0 unspecified atom stereocenters. The SMILES string of the molecule is COC(=O)c1sccc1-n1cc(C#N)c(=O)[nH]c1=O. The van der Waals surface area contributed by atoms with Crippen LogP contribution in [0.3, 0.4) is 0 Å². The summed E-state index contributed by atoms with van der Waals surface area (Å²) in [5.41, 5.74) is -1.46. The Morgan fingerprint density at radius 2 is 2.26 bits per heavy atom. The van der Waals surface area contributed by atoms with Crippen LogP contribution < -0.4 is 11.2 Å². The van der Waals surface area contributed by atoms with Gasteiger partial charge >= 0.3 is 11.7 Å². The summed E-state index contributed by atoms with van der Waals surface area (Å²) in [5, 5.41) is 10.4. The zero-order chi connectivity index (χ0) is 14.0. The van der Waals surface area contributed by atoms with Gasteiger partial charge in [-0.3, -0.25) is 14.3 Å². The first-order valence-corrected chi connectivity index (χ1v) is 5.88. The van der Waals surface area contributed by atoms with E-state index in [1.54, 1.807) is 11.4 Å². The second kappa shape index (κ2) is 4.91.